The van der Waals surface area contributed by atoms with Crippen molar-refractivity contribution in [3.05, 3.63) is 66.2 Å². The van der Waals surface area contributed by atoms with Crippen LogP contribution >= 0.6 is 0 Å². The van der Waals surface area contributed by atoms with E-state index >= 15 is 0 Å². The monoisotopic (exact) mass is 307 g/mol. The number of carbonyl (C=O) groups excluding carboxylic acids is 1. The van der Waals surface area contributed by atoms with Crippen LogP contribution in [0.4, 0.5) is 0 Å². The van der Waals surface area contributed by atoms with Crippen LogP contribution in [0.25, 0.3) is 17.1 Å². The van der Waals surface area contributed by atoms with E-state index in [1.165, 1.54) is 6.08 Å². The SMILES string of the molecule is CCC(OC(=O)C=Cc1ccccc1)n1nnc2ccccc21. The van der Waals surface area contributed by atoms with Gasteiger partial charge in [-0.3, -0.25) is 0 Å². The van der Waals surface area contributed by atoms with Gasteiger partial charge in [-0.15, -0.1) is 5.10 Å². The first-order valence-electron chi connectivity index (χ1n) is 7.51. The van der Waals surface area contributed by atoms with Crippen LogP contribution in [-0.4, -0.2) is 21.0 Å². The maximum absolute atomic E-state index is 12.0. The summed E-state index contributed by atoms with van der Waals surface area (Å²) in [4.78, 5) is 12.0. The number of rotatable bonds is 5. The Labute approximate surface area is 134 Å². The third-order valence-corrected chi connectivity index (χ3v) is 3.46. The van der Waals surface area contributed by atoms with Gasteiger partial charge in [-0.05, 0) is 23.8 Å². The van der Waals surface area contributed by atoms with E-state index in [0.29, 0.717) is 6.42 Å². The van der Waals surface area contributed by atoms with Crippen LogP contribution in [0.3, 0.4) is 0 Å². The van der Waals surface area contributed by atoms with Crippen molar-refractivity contribution in [2.24, 2.45) is 0 Å². The van der Waals surface area contributed by atoms with Crippen molar-refractivity contribution in [2.45, 2.75) is 19.6 Å². The minimum Gasteiger partial charge on any atom is -0.436 e. The predicted molar refractivity (Wildman–Crippen MR) is 88.4 cm³/mol. The first kappa shape index (κ1) is 15.0. The Kier molecular flexibility index (Phi) is 4.47. The van der Waals surface area contributed by atoms with E-state index in [1.807, 2.05) is 61.5 Å². The summed E-state index contributed by atoms with van der Waals surface area (Å²) in [7, 11) is 0. The van der Waals surface area contributed by atoms with Crippen LogP contribution in [0.15, 0.2) is 60.7 Å². The zero-order valence-electron chi connectivity index (χ0n) is 12.8. The third-order valence-electron chi connectivity index (χ3n) is 3.46. The lowest BCUT2D eigenvalue weighted by molar-refractivity contribution is -0.148. The highest BCUT2D eigenvalue weighted by Crippen LogP contribution is 2.19. The number of para-hydroxylation sites is 1. The van der Waals surface area contributed by atoms with Gasteiger partial charge in [-0.2, -0.15) is 0 Å². The van der Waals surface area contributed by atoms with Crippen LogP contribution in [0.1, 0.15) is 25.1 Å². The summed E-state index contributed by atoms with van der Waals surface area (Å²) in [6.07, 6.45) is 3.29. The number of benzene rings is 2. The Bertz CT molecular complexity index is 824. The minimum atomic E-state index is -0.477. The molecule has 3 aromatic rings. The molecule has 0 aliphatic carbocycles. The number of hydrogen-bond acceptors (Lipinski definition) is 4. The summed E-state index contributed by atoms with van der Waals surface area (Å²) in [5.41, 5.74) is 2.57. The van der Waals surface area contributed by atoms with Gasteiger partial charge >= 0.3 is 5.97 Å². The number of aromatic nitrogens is 3. The highest BCUT2D eigenvalue weighted by atomic mass is 16.6. The molecule has 3 rings (SSSR count). The van der Waals surface area contributed by atoms with Gasteiger partial charge in [0.1, 0.15) is 5.52 Å². The van der Waals surface area contributed by atoms with Gasteiger partial charge in [0.15, 0.2) is 6.23 Å². The molecule has 2 aromatic carbocycles. The summed E-state index contributed by atoms with van der Waals surface area (Å²) in [5, 5.41) is 8.20. The summed E-state index contributed by atoms with van der Waals surface area (Å²) >= 11 is 0. The van der Waals surface area contributed by atoms with Gasteiger partial charge in [0.05, 0.1) is 5.52 Å². The summed E-state index contributed by atoms with van der Waals surface area (Å²) in [6, 6.07) is 17.2. The first-order chi connectivity index (χ1) is 11.3. The topological polar surface area (TPSA) is 57.0 Å². The second-order valence-electron chi connectivity index (χ2n) is 5.07. The molecule has 5 heteroatoms. The van der Waals surface area contributed by atoms with Crippen molar-refractivity contribution in [2.75, 3.05) is 0 Å². The molecule has 0 aliphatic rings. The lowest BCUT2D eigenvalue weighted by Gasteiger charge is -2.15. The molecule has 1 unspecified atom stereocenters. The molecular formula is C18H17N3O2. The molecule has 0 radical (unpaired) electrons. The molecule has 1 atom stereocenters. The summed E-state index contributed by atoms with van der Waals surface area (Å²) in [6.45, 7) is 1.94. The Morgan fingerprint density at radius 1 is 1.17 bits per heavy atom. The van der Waals surface area contributed by atoms with E-state index in [9.17, 15) is 4.79 Å². The smallest absolute Gasteiger partial charge is 0.332 e. The molecule has 1 aromatic heterocycles. The maximum atomic E-state index is 12.0. The molecule has 0 N–H and O–H groups in total. The van der Waals surface area contributed by atoms with Crippen molar-refractivity contribution in [3.63, 3.8) is 0 Å². The van der Waals surface area contributed by atoms with Crippen molar-refractivity contribution in [3.8, 4) is 0 Å². The molecule has 0 fully saturated rings. The Morgan fingerprint density at radius 3 is 2.70 bits per heavy atom. The molecule has 1 heterocycles. The molecule has 0 amide bonds. The van der Waals surface area contributed by atoms with E-state index < -0.39 is 12.2 Å². The number of nitrogens with zero attached hydrogens (tertiary/aromatic N) is 3. The molecule has 0 saturated heterocycles. The molecule has 0 bridgehead atoms. The highest BCUT2D eigenvalue weighted by molar-refractivity contribution is 5.87. The van der Waals surface area contributed by atoms with Gasteiger partial charge in [0, 0.05) is 12.5 Å². The number of carbonyl (C=O) groups is 1. The third kappa shape index (κ3) is 3.45. The van der Waals surface area contributed by atoms with Crippen LogP contribution < -0.4 is 0 Å². The van der Waals surface area contributed by atoms with Crippen LogP contribution in [0.5, 0.6) is 0 Å². The quantitative estimate of drug-likeness (QED) is 0.534. The van der Waals surface area contributed by atoms with Crippen LogP contribution in [-0.2, 0) is 9.53 Å². The zero-order valence-corrected chi connectivity index (χ0v) is 12.8. The lowest BCUT2D eigenvalue weighted by atomic mass is 10.2. The predicted octanol–water partition coefficient (Wildman–Crippen LogP) is 3.60. The second kappa shape index (κ2) is 6.87. The average molecular weight is 307 g/mol. The van der Waals surface area contributed by atoms with Crippen LogP contribution in [0.2, 0.25) is 0 Å². The zero-order chi connectivity index (χ0) is 16.1. The number of ether oxygens (including phenoxy) is 1. The Balaban J connectivity index is 1.74. The molecule has 0 spiro atoms. The van der Waals surface area contributed by atoms with Gasteiger partial charge in [-0.25, -0.2) is 9.48 Å². The maximum Gasteiger partial charge on any atom is 0.332 e. The molecule has 0 aliphatic heterocycles. The second-order valence-corrected chi connectivity index (χ2v) is 5.07. The van der Waals surface area contributed by atoms with Gasteiger partial charge in [0.25, 0.3) is 0 Å². The van der Waals surface area contributed by atoms with E-state index in [0.717, 1.165) is 16.6 Å². The van der Waals surface area contributed by atoms with E-state index in [2.05, 4.69) is 10.3 Å². The summed E-state index contributed by atoms with van der Waals surface area (Å²) < 4.78 is 7.15. The normalized spacial score (nSPS) is 12.6. The Morgan fingerprint density at radius 2 is 1.91 bits per heavy atom. The Hall–Kier alpha value is -2.95. The molecule has 5 nitrogen and oxygen atoms in total. The number of fused-ring (bicyclic) bond motifs is 1. The fourth-order valence-corrected chi connectivity index (χ4v) is 2.31. The summed E-state index contributed by atoms with van der Waals surface area (Å²) in [5.74, 6) is -0.403. The fraction of sp³-hybridized carbons (Fsp3) is 0.167. The lowest BCUT2D eigenvalue weighted by Crippen LogP contribution is -2.16. The molecule has 0 saturated carbocycles. The number of hydrogen-bond donors (Lipinski definition) is 0. The first-order valence-corrected chi connectivity index (χ1v) is 7.51. The molecular weight excluding hydrogens is 290 g/mol. The fourth-order valence-electron chi connectivity index (χ4n) is 2.31. The van der Waals surface area contributed by atoms with Gasteiger partial charge in [-0.1, -0.05) is 54.6 Å². The highest BCUT2D eigenvalue weighted by Gasteiger charge is 2.16. The average Bonchev–Trinajstić information content (AvgIpc) is 3.03. The van der Waals surface area contributed by atoms with Crippen molar-refractivity contribution in [1.29, 1.82) is 0 Å². The van der Waals surface area contributed by atoms with Crippen molar-refractivity contribution < 1.29 is 9.53 Å². The van der Waals surface area contributed by atoms with E-state index in [-0.39, 0.29) is 0 Å². The van der Waals surface area contributed by atoms with Gasteiger partial charge < -0.3 is 4.74 Å². The van der Waals surface area contributed by atoms with Gasteiger partial charge in [0.2, 0.25) is 0 Å². The van der Waals surface area contributed by atoms with Crippen LogP contribution in [0, 0.1) is 0 Å². The van der Waals surface area contributed by atoms with Crippen molar-refractivity contribution in [1.82, 2.24) is 15.0 Å². The largest absolute Gasteiger partial charge is 0.436 e. The van der Waals surface area contributed by atoms with Crippen molar-refractivity contribution >= 4 is 23.1 Å². The molecule has 116 valence electrons. The molecule has 23 heavy (non-hydrogen) atoms. The minimum absolute atomic E-state index is 0.403. The van der Waals surface area contributed by atoms with E-state index in [1.54, 1.807) is 10.8 Å². The van der Waals surface area contributed by atoms with E-state index in [4.69, 9.17) is 4.74 Å². The standard InChI is InChI=1S/C18H17N3O2/c1-2-17(21-16-11-7-6-10-15(16)19-20-21)23-18(22)13-12-14-8-4-3-5-9-14/h3-13,17H,2H2,1H3. The number of esters is 1.